The van der Waals surface area contributed by atoms with Crippen molar-refractivity contribution in [3.8, 4) is 11.5 Å². The van der Waals surface area contributed by atoms with Crippen LogP contribution in [0.1, 0.15) is 76.7 Å². The number of benzene rings is 1. The van der Waals surface area contributed by atoms with E-state index in [0.717, 1.165) is 24.3 Å². The molecule has 0 saturated heterocycles. The minimum Gasteiger partial charge on any atom is -0.508 e. The topological polar surface area (TPSA) is 29.5 Å². The molecule has 0 amide bonds. The van der Waals surface area contributed by atoms with Gasteiger partial charge in [0.15, 0.2) is 0 Å². The highest BCUT2D eigenvalue weighted by atomic mass is 16.5. The van der Waals surface area contributed by atoms with Gasteiger partial charge in [0.05, 0.1) is 6.61 Å². The van der Waals surface area contributed by atoms with E-state index in [4.69, 9.17) is 4.74 Å². The average molecular weight is 292 g/mol. The first-order valence-electron chi connectivity index (χ1n) is 8.66. The molecule has 0 unspecified atom stereocenters. The zero-order valence-electron chi connectivity index (χ0n) is 13.9. The van der Waals surface area contributed by atoms with Crippen molar-refractivity contribution >= 4 is 0 Å². The number of hydrogen-bond acceptors (Lipinski definition) is 2. The third-order valence-corrected chi connectivity index (χ3v) is 3.93. The molecule has 1 aromatic carbocycles. The lowest BCUT2D eigenvalue weighted by molar-refractivity contribution is 0.300. The van der Waals surface area contributed by atoms with Gasteiger partial charge < -0.3 is 9.84 Å². The van der Waals surface area contributed by atoms with Gasteiger partial charge in [-0.25, -0.2) is 0 Å². The molecule has 1 aromatic rings. The second-order valence-electron chi connectivity index (χ2n) is 5.98. The fraction of sp³-hybridized carbons (Fsp3) is 0.684. The predicted molar refractivity (Wildman–Crippen MR) is 90.2 cm³/mol. The summed E-state index contributed by atoms with van der Waals surface area (Å²) in [5, 5.41) is 9.43. The zero-order chi connectivity index (χ0) is 15.3. The minimum atomic E-state index is 0.277. The predicted octanol–water partition coefficient (Wildman–Crippen LogP) is 6.00. The van der Waals surface area contributed by atoms with Crippen LogP contribution in [-0.4, -0.2) is 11.7 Å². The van der Waals surface area contributed by atoms with Crippen molar-refractivity contribution in [2.24, 2.45) is 0 Å². The molecule has 0 saturated carbocycles. The second kappa shape index (κ2) is 11.5. The van der Waals surface area contributed by atoms with Crippen LogP contribution in [0.25, 0.3) is 0 Å². The van der Waals surface area contributed by atoms with E-state index in [1.807, 2.05) is 13.0 Å². The van der Waals surface area contributed by atoms with Crippen LogP contribution in [0.5, 0.6) is 11.5 Å². The number of rotatable bonds is 12. The van der Waals surface area contributed by atoms with Crippen molar-refractivity contribution in [3.05, 3.63) is 23.8 Å². The highest BCUT2D eigenvalue weighted by molar-refractivity contribution is 5.38. The van der Waals surface area contributed by atoms with Gasteiger partial charge in [-0.1, -0.05) is 70.8 Å². The molecule has 0 heterocycles. The molecule has 21 heavy (non-hydrogen) atoms. The number of ether oxygens (including phenoxy) is 1. The molecule has 0 aromatic heterocycles. The van der Waals surface area contributed by atoms with E-state index in [0.29, 0.717) is 0 Å². The van der Waals surface area contributed by atoms with E-state index in [1.165, 1.54) is 57.8 Å². The van der Waals surface area contributed by atoms with Gasteiger partial charge in [0.25, 0.3) is 0 Å². The van der Waals surface area contributed by atoms with Gasteiger partial charge >= 0.3 is 0 Å². The first kappa shape index (κ1) is 17.9. The molecule has 0 spiro atoms. The first-order chi connectivity index (χ1) is 10.2. The quantitative estimate of drug-likeness (QED) is 0.479. The van der Waals surface area contributed by atoms with Gasteiger partial charge in [0.1, 0.15) is 11.5 Å². The fourth-order valence-corrected chi connectivity index (χ4v) is 2.52. The molecule has 0 fully saturated rings. The average Bonchev–Trinajstić information content (AvgIpc) is 2.48. The third-order valence-electron chi connectivity index (χ3n) is 3.93. The molecule has 2 heteroatoms. The van der Waals surface area contributed by atoms with Crippen LogP contribution in [0, 0.1) is 6.92 Å². The highest BCUT2D eigenvalue weighted by Gasteiger charge is 2.00. The van der Waals surface area contributed by atoms with Gasteiger partial charge in [0.2, 0.25) is 0 Å². The van der Waals surface area contributed by atoms with E-state index >= 15 is 0 Å². The zero-order valence-corrected chi connectivity index (χ0v) is 13.9. The third kappa shape index (κ3) is 8.64. The maximum Gasteiger partial charge on any atom is 0.125 e. The molecule has 1 N–H and O–H groups in total. The highest BCUT2D eigenvalue weighted by Crippen LogP contribution is 2.23. The number of phenols is 1. The molecular formula is C19H32O2. The van der Waals surface area contributed by atoms with Gasteiger partial charge in [-0.3, -0.25) is 0 Å². The molecule has 0 bridgehead atoms. The number of aromatic hydroxyl groups is 1. The molecule has 1 rings (SSSR count). The molecular weight excluding hydrogens is 260 g/mol. The van der Waals surface area contributed by atoms with Crippen LogP contribution < -0.4 is 4.74 Å². The summed E-state index contributed by atoms with van der Waals surface area (Å²) in [5.41, 5.74) is 1.08. The van der Waals surface area contributed by atoms with Crippen molar-refractivity contribution in [1.82, 2.24) is 0 Å². The Hall–Kier alpha value is -1.18. The van der Waals surface area contributed by atoms with E-state index in [2.05, 4.69) is 6.92 Å². The molecule has 0 radical (unpaired) electrons. The summed E-state index contributed by atoms with van der Waals surface area (Å²) in [7, 11) is 0. The van der Waals surface area contributed by atoms with Crippen LogP contribution >= 0.6 is 0 Å². The second-order valence-corrected chi connectivity index (χ2v) is 5.98. The normalized spacial score (nSPS) is 10.8. The monoisotopic (exact) mass is 292 g/mol. The lowest BCUT2D eigenvalue weighted by Crippen LogP contribution is -1.98. The Labute approximate surface area is 130 Å². The molecule has 0 atom stereocenters. The number of unbranched alkanes of at least 4 members (excludes halogenated alkanes) is 9. The number of phenolic OH excluding ortho intramolecular Hbond substituents is 1. The summed E-state index contributed by atoms with van der Waals surface area (Å²) in [4.78, 5) is 0. The Morgan fingerprint density at radius 2 is 1.43 bits per heavy atom. The van der Waals surface area contributed by atoms with Gasteiger partial charge in [-0.15, -0.1) is 0 Å². The summed E-state index contributed by atoms with van der Waals surface area (Å²) in [6.45, 7) is 5.02. The van der Waals surface area contributed by atoms with Crippen molar-refractivity contribution in [3.63, 3.8) is 0 Å². The summed E-state index contributed by atoms with van der Waals surface area (Å²) in [6, 6.07) is 5.29. The molecule has 120 valence electrons. The summed E-state index contributed by atoms with van der Waals surface area (Å²) in [5.74, 6) is 1.09. The van der Waals surface area contributed by atoms with Crippen LogP contribution in [0.15, 0.2) is 18.2 Å². The van der Waals surface area contributed by atoms with Crippen molar-refractivity contribution in [1.29, 1.82) is 0 Å². The molecule has 0 aliphatic heterocycles. The Balaban J connectivity index is 1.94. The van der Waals surface area contributed by atoms with Crippen LogP contribution in [0.3, 0.4) is 0 Å². The van der Waals surface area contributed by atoms with Crippen molar-refractivity contribution in [2.45, 2.75) is 78.1 Å². The summed E-state index contributed by atoms with van der Waals surface area (Å²) >= 11 is 0. The largest absolute Gasteiger partial charge is 0.508 e. The Bertz CT molecular complexity index is 374. The Morgan fingerprint density at radius 3 is 2.05 bits per heavy atom. The van der Waals surface area contributed by atoms with E-state index in [1.54, 1.807) is 12.1 Å². The lowest BCUT2D eigenvalue weighted by Gasteiger charge is -2.09. The van der Waals surface area contributed by atoms with Crippen LogP contribution in [0.2, 0.25) is 0 Å². The maximum absolute atomic E-state index is 9.43. The van der Waals surface area contributed by atoms with E-state index in [9.17, 15) is 5.11 Å². The van der Waals surface area contributed by atoms with E-state index in [-0.39, 0.29) is 5.75 Å². The van der Waals surface area contributed by atoms with Gasteiger partial charge in [-0.2, -0.15) is 0 Å². The standard InChI is InChI=1S/C19H32O2/c1-3-4-5-6-7-8-9-10-11-12-15-21-19-16-18(20)14-13-17(19)2/h13-14,16,20H,3-12,15H2,1-2H3. The smallest absolute Gasteiger partial charge is 0.125 e. The number of hydrogen-bond donors (Lipinski definition) is 1. The van der Waals surface area contributed by atoms with Crippen LogP contribution in [-0.2, 0) is 0 Å². The van der Waals surface area contributed by atoms with Gasteiger partial charge in [0, 0.05) is 6.07 Å². The molecule has 2 nitrogen and oxygen atoms in total. The summed E-state index contributed by atoms with van der Waals surface area (Å²) < 4.78 is 5.73. The first-order valence-corrected chi connectivity index (χ1v) is 8.66. The summed E-state index contributed by atoms with van der Waals surface area (Å²) in [6.07, 6.45) is 13.4. The lowest BCUT2D eigenvalue weighted by atomic mass is 10.1. The Morgan fingerprint density at radius 1 is 0.857 bits per heavy atom. The fourth-order valence-electron chi connectivity index (χ4n) is 2.52. The molecule has 0 aliphatic rings. The minimum absolute atomic E-state index is 0.277. The van der Waals surface area contributed by atoms with E-state index < -0.39 is 0 Å². The number of aryl methyl sites for hydroxylation is 1. The maximum atomic E-state index is 9.43. The molecule has 0 aliphatic carbocycles. The van der Waals surface area contributed by atoms with Gasteiger partial charge in [-0.05, 0) is 25.0 Å². The van der Waals surface area contributed by atoms with Crippen LogP contribution in [0.4, 0.5) is 0 Å². The SMILES string of the molecule is CCCCCCCCCCCCOc1cc(O)ccc1C. The van der Waals surface area contributed by atoms with Crippen molar-refractivity contribution < 1.29 is 9.84 Å². The Kier molecular flexibility index (Phi) is 9.77. The van der Waals surface area contributed by atoms with Crippen molar-refractivity contribution in [2.75, 3.05) is 6.61 Å².